The predicted molar refractivity (Wildman–Crippen MR) is 72.1 cm³/mol. The van der Waals surface area contributed by atoms with Gasteiger partial charge >= 0.3 is 0 Å². The summed E-state index contributed by atoms with van der Waals surface area (Å²) in [6.45, 7) is 6.26. The van der Waals surface area contributed by atoms with Gasteiger partial charge in [0.05, 0.1) is 0 Å². The van der Waals surface area contributed by atoms with Gasteiger partial charge in [0, 0.05) is 19.8 Å². The molecule has 1 saturated carbocycles. The topological polar surface area (TPSA) is 29.5 Å². The fraction of sp³-hybridized carbons (Fsp3) is 1.00. The zero-order valence-corrected chi connectivity index (χ0v) is 11.7. The summed E-state index contributed by atoms with van der Waals surface area (Å²) in [5.41, 5.74) is 0.178. The second-order valence-electron chi connectivity index (χ2n) is 5.69. The van der Waals surface area contributed by atoms with Crippen LogP contribution < -0.4 is 0 Å². The highest BCUT2D eigenvalue weighted by Gasteiger charge is 2.34. The number of aliphatic hydroxyl groups is 1. The average Bonchev–Trinajstić information content (AvgIpc) is 2.38. The van der Waals surface area contributed by atoms with Crippen LogP contribution >= 0.6 is 0 Å². The highest BCUT2D eigenvalue weighted by atomic mass is 16.5. The number of ether oxygens (including phenoxy) is 1. The smallest absolute Gasteiger partial charge is 0.0488 e. The van der Waals surface area contributed by atoms with Crippen LogP contribution in [-0.4, -0.2) is 24.9 Å². The van der Waals surface area contributed by atoms with Crippen LogP contribution in [0.5, 0.6) is 0 Å². The lowest BCUT2D eigenvalue weighted by Crippen LogP contribution is -2.32. The van der Waals surface area contributed by atoms with Gasteiger partial charge in [-0.25, -0.2) is 0 Å². The fourth-order valence-corrected chi connectivity index (χ4v) is 2.99. The SMILES string of the molecule is CCCCC1CCC(CO)(CCOCC)CC1. The molecule has 0 bridgehead atoms. The lowest BCUT2D eigenvalue weighted by atomic mass is 9.68. The van der Waals surface area contributed by atoms with Gasteiger partial charge < -0.3 is 9.84 Å². The molecular weight excluding hydrogens is 212 g/mol. The Bertz CT molecular complexity index is 183. The Hall–Kier alpha value is -0.0800. The first-order valence-corrected chi connectivity index (χ1v) is 7.45. The first-order valence-electron chi connectivity index (χ1n) is 7.45. The van der Waals surface area contributed by atoms with Gasteiger partial charge in [-0.1, -0.05) is 26.2 Å². The lowest BCUT2D eigenvalue weighted by Gasteiger charge is -2.39. The van der Waals surface area contributed by atoms with Crippen molar-refractivity contribution in [3.63, 3.8) is 0 Å². The quantitative estimate of drug-likeness (QED) is 0.656. The molecule has 0 spiro atoms. The Labute approximate surface area is 107 Å². The standard InChI is InChI=1S/C15H30O2/c1-3-5-6-14-7-9-15(13-16,10-8-14)11-12-17-4-2/h14,16H,3-13H2,1-2H3. The molecule has 1 N–H and O–H groups in total. The third-order valence-corrected chi connectivity index (χ3v) is 4.45. The molecule has 0 saturated heterocycles. The zero-order valence-electron chi connectivity index (χ0n) is 11.7. The van der Waals surface area contributed by atoms with Gasteiger partial charge in [-0.05, 0) is 50.4 Å². The third-order valence-electron chi connectivity index (χ3n) is 4.45. The van der Waals surface area contributed by atoms with E-state index in [0.29, 0.717) is 6.61 Å². The molecule has 1 aliphatic rings. The molecule has 0 atom stereocenters. The Morgan fingerprint density at radius 3 is 2.47 bits per heavy atom. The van der Waals surface area contributed by atoms with Crippen molar-refractivity contribution in [2.75, 3.05) is 19.8 Å². The van der Waals surface area contributed by atoms with E-state index >= 15 is 0 Å². The minimum absolute atomic E-state index is 0.178. The minimum atomic E-state index is 0.178. The molecule has 1 rings (SSSR count). The van der Waals surface area contributed by atoms with Crippen molar-refractivity contribution in [1.82, 2.24) is 0 Å². The third kappa shape index (κ3) is 4.97. The maximum Gasteiger partial charge on any atom is 0.0488 e. The van der Waals surface area contributed by atoms with E-state index in [1.165, 1.54) is 44.9 Å². The highest BCUT2D eigenvalue weighted by molar-refractivity contribution is 4.85. The molecule has 0 aromatic rings. The largest absolute Gasteiger partial charge is 0.396 e. The summed E-state index contributed by atoms with van der Waals surface area (Å²) in [6, 6.07) is 0. The Morgan fingerprint density at radius 2 is 1.94 bits per heavy atom. The van der Waals surface area contributed by atoms with Gasteiger partial charge in [0.1, 0.15) is 0 Å². The molecule has 102 valence electrons. The van der Waals surface area contributed by atoms with E-state index in [9.17, 15) is 5.11 Å². The van der Waals surface area contributed by atoms with Crippen LogP contribution in [0.4, 0.5) is 0 Å². The minimum Gasteiger partial charge on any atom is -0.396 e. The van der Waals surface area contributed by atoms with Gasteiger partial charge in [0.25, 0.3) is 0 Å². The summed E-state index contributed by atoms with van der Waals surface area (Å²) in [7, 11) is 0. The van der Waals surface area contributed by atoms with Crippen molar-refractivity contribution in [3.8, 4) is 0 Å². The maximum absolute atomic E-state index is 9.65. The summed E-state index contributed by atoms with van der Waals surface area (Å²) < 4.78 is 5.44. The van der Waals surface area contributed by atoms with E-state index in [1.807, 2.05) is 6.92 Å². The molecule has 17 heavy (non-hydrogen) atoms. The second kappa shape index (κ2) is 8.10. The molecule has 0 aromatic heterocycles. The molecule has 1 aliphatic carbocycles. The molecule has 0 radical (unpaired) electrons. The van der Waals surface area contributed by atoms with Crippen molar-refractivity contribution in [1.29, 1.82) is 0 Å². The van der Waals surface area contributed by atoms with Crippen LogP contribution in [0.25, 0.3) is 0 Å². The number of rotatable bonds is 8. The van der Waals surface area contributed by atoms with Gasteiger partial charge in [0.2, 0.25) is 0 Å². The monoisotopic (exact) mass is 242 g/mol. The van der Waals surface area contributed by atoms with Crippen LogP contribution in [0.15, 0.2) is 0 Å². The second-order valence-corrected chi connectivity index (χ2v) is 5.69. The number of hydrogen-bond acceptors (Lipinski definition) is 2. The number of unbranched alkanes of at least 4 members (excludes halogenated alkanes) is 1. The summed E-state index contributed by atoms with van der Waals surface area (Å²) in [6.07, 6.45) is 10.1. The molecule has 0 unspecified atom stereocenters. The predicted octanol–water partition coefficient (Wildman–Crippen LogP) is 3.77. The summed E-state index contributed by atoms with van der Waals surface area (Å²) in [4.78, 5) is 0. The first kappa shape index (κ1) is 15.0. The van der Waals surface area contributed by atoms with Crippen molar-refractivity contribution < 1.29 is 9.84 Å². The summed E-state index contributed by atoms with van der Waals surface area (Å²) in [5.74, 6) is 0.918. The zero-order chi connectivity index (χ0) is 12.6. The van der Waals surface area contributed by atoms with Crippen molar-refractivity contribution in [2.45, 2.75) is 65.2 Å². The molecule has 2 heteroatoms. The first-order chi connectivity index (χ1) is 8.26. The highest BCUT2D eigenvalue weighted by Crippen LogP contribution is 2.42. The van der Waals surface area contributed by atoms with Crippen LogP contribution in [0.2, 0.25) is 0 Å². The average molecular weight is 242 g/mol. The van der Waals surface area contributed by atoms with E-state index in [2.05, 4.69) is 6.92 Å². The van der Waals surface area contributed by atoms with Crippen molar-refractivity contribution in [3.05, 3.63) is 0 Å². The van der Waals surface area contributed by atoms with E-state index in [4.69, 9.17) is 4.74 Å². The molecule has 1 fully saturated rings. The Kier molecular flexibility index (Phi) is 7.14. The van der Waals surface area contributed by atoms with Gasteiger partial charge in [-0.2, -0.15) is 0 Å². The maximum atomic E-state index is 9.65. The normalized spacial score (nSPS) is 29.5. The van der Waals surface area contributed by atoms with Crippen LogP contribution in [0, 0.1) is 11.3 Å². The van der Waals surface area contributed by atoms with Crippen LogP contribution in [0.1, 0.15) is 65.2 Å². The molecule has 0 amide bonds. The van der Waals surface area contributed by atoms with Crippen molar-refractivity contribution >= 4 is 0 Å². The van der Waals surface area contributed by atoms with Gasteiger partial charge in [-0.3, -0.25) is 0 Å². The molecule has 0 heterocycles. The van der Waals surface area contributed by atoms with Gasteiger partial charge in [-0.15, -0.1) is 0 Å². The number of aliphatic hydroxyl groups excluding tert-OH is 1. The van der Waals surface area contributed by atoms with Crippen LogP contribution in [0.3, 0.4) is 0 Å². The fourth-order valence-electron chi connectivity index (χ4n) is 2.99. The Balaban J connectivity index is 2.29. The van der Waals surface area contributed by atoms with E-state index in [0.717, 1.165) is 25.6 Å². The number of hydrogen-bond donors (Lipinski definition) is 1. The van der Waals surface area contributed by atoms with Gasteiger partial charge in [0.15, 0.2) is 0 Å². The van der Waals surface area contributed by atoms with E-state index in [-0.39, 0.29) is 5.41 Å². The molecular formula is C15H30O2. The molecule has 0 aromatic carbocycles. The lowest BCUT2D eigenvalue weighted by molar-refractivity contribution is 0.0221. The van der Waals surface area contributed by atoms with Crippen molar-refractivity contribution in [2.24, 2.45) is 11.3 Å². The van der Waals surface area contributed by atoms with E-state index in [1.54, 1.807) is 0 Å². The molecule has 0 aliphatic heterocycles. The molecule has 2 nitrogen and oxygen atoms in total. The summed E-state index contributed by atoms with van der Waals surface area (Å²) in [5, 5.41) is 9.65. The van der Waals surface area contributed by atoms with E-state index < -0.39 is 0 Å². The van der Waals surface area contributed by atoms with Crippen LogP contribution in [-0.2, 0) is 4.74 Å². The Morgan fingerprint density at radius 1 is 1.24 bits per heavy atom. The summed E-state index contributed by atoms with van der Waals surface area (Å²) >= 11 is 0.